The van der Waals surface area contributed by atoms with Gasteiger partial charge in [-0.1, -0.05) is 6.92 Å². The van der Waals surface area contributed by atoms with Gasteiger partial charge >= 0.3 is 8.25 Å². The SMILES string of the molecule is B[C@H]1CC(O)[C@@H](CO[PH](=O)OC2C[C@H](B)O[C@@H]2CC)O1. The van der Waals surface area contributed by atoms with Crippen molar-refractivity contribution in [1.29, 1.82) is 0 Å². The molecule has 2 heterocycles. The highest BCUT2D eigenvalue weighted by atomic mass is 31.1. The molecule has 0 aliphatic carbocycles. The highest BCUT2D eigenvalue weighted by Crippen LogP contribution is 2.35. The molecule has 6 nitrogen and oxygen atoms in total. The second-order valence-electron chi connectivity index (χ2n) is 5.63. The molecule has 0 amide bonds. The minimum Gasteiger partial charge on any atom is -0.390 e. The van der Waals surface area contributed by atoms with Gasteiger partial charge in [0.2, 0.25) is 0 Å². The Hall–Kier alpha value is 0.160. The van der Waals surface area contributed by atoms with Crippen LogP contribution in [0.1, 0.15) is 26.2 Å². The standard InChI is InChI=1S/C11H23B2O6P/c1-2-7-8(4-11(13)17-7)19-20(15)16-5-9-6(14)3-10(12)18-9/h6-11,14,20H,2-5,12-13H2,1H3/t6?,7-,8?,9-,10-,11-/m1/s1. The van der Waals surface area contributed by atoms with E-state index in [0.29, 0.717) is 6.42 Å². The second kappa shape index (κ2) is 7.43. The second-order valence-corrected chi connectivity index (χ2v) is 6.66. The first-order valence-corrected chi connectivity index (χ1v) is 8.54. The summed E-state index contributed by atoms with van der Waals surface area (Å²) < 4.78 is 33.7. The van der Waals surface area contributed by atoms with Gasteiger partial charge in [0.1, 0.15) is 21.8 Å². The lowest BCUT2D eigenvalue weighted by atomic mass is 9.96. The summed E-state index contributed by atoms with van der Waals surface area (Å²) >= 11 is 0. The minimum absolute atomic E-state index is 0.00963. The minimum atomic E-state index is -2.59. The smallest absolute Gasteiger partial charge is 0.319 e. The lowest BCUT2D eigenvalue weighted by Crippen LogP contribution is -2.26. The first kappa shape index (κ1) is 16.5. The molecule has 1 N–H and O–H groups in total. The lowest BCUT2D eigenvalue weighted by Gasteiger charge is -2.18. The molecule has 0 aromatic rings. The van der Waals surface area contributed by atoms with Crippen LogP contribution in [0.25, 0.3) is 0 Å². The third-order valence-electron chi connectivity index (χ3n) is 3.81. The van der Waals surface area contributed by atoms with Crippen molar-refractivity contribution in [1.82, 2.24) is 0 Å². The lowest BCUT2D eigenvalue weighted by molar-refractivity contribution is -0.00459. The highest BCUT2D eigenvalue weighted by molar-refractivity contribution is 7.33. The molecule has 7 atom stereocenters. The van der Waals surface area contributed by atoms with Gasteiger partial charge in [-0.3, -0.25) is 4.57 Å². The Bertz CT molecular complexity index is 347. The van der Waals surface area contributed by atoms with Crippen LogP contribution in [-0.4, -0.2) is 63.8 Å². The monoisotopic (exact) mass is 304 g/mol. The maximum Gasteiger partial charge on any atom is 0.319 e. The molecule has 0 radical (unpaired) electrons. The molecule has 20 heavy (non-hydrogen) atoms. The molecular formula is C11H23B2O6P. The summed E-state index contributed by atoms with van der Waals surface area (Å²) in [6.45, 7) is 2.12. The summed E-state index contributed by atoms with van der Waals surface area (Å²) in [6, 6.07) is 0.135. The average molecular weight is 304 g/mol. The fourth-order valence-electron chi connectivity index (χ4n) is 2.80. The molecule has 2 saturated heterocycles. The van der Waals surface area contributed by atoms with E-state index in [9.17, 15) is 9.67 Å². The van der Waals surface area contributed by atoms with Crippen molar-refractivity contribution in [2.45, 2.75) is 62.6 Å². The van der Waals surface area contributed by atoms with Crippen molar-refractivity contribution < 1.29 is 28.2 Å². The zero-order valence-electron chi connectivity index (χ0n) is 12.3. The zero-order valence-corrected chi connectivity index (χ0v) is 13.3. The molecule has 2 fully saturated rings. The maximum absolute atomic E-state index is 11.9. The van der Waals surface area contributed by atoms with E-state index >= 15 is 0 Å². The average Bonchev–Trinajstić information content (AvgIpc) is 2.89. The fourth-order valence-corrected chi connectivity index (χ4v) is 3.66. The Morgan fingerprint density at radius 2 is 1.90 bits per heavy atom. The Kier molecular flexibility index (Phi) is 6.14. The number of hydrogen-bond acceptors (Lipinski definition) is 6. The third-order valence-corrected chi connectivity index (χ3v) is 4.71. The molecule has 0 aromatic heterocycles. The number of ether oxygens (including phenoxy) is 2. The zero-order chi connectivity index (χ0) is 14.7. The van der Waals surface area contributed by atoms with Crippen LogP contribution in [0.4, 0.5) is 0 Å². The first-order valence-electron chi connectivity index (χ1n) is 7.32. The van der Waals surface area contributed by atoms with Crippen molar-refractivity contribution >= 4 is 23.9 Å². The predicted octanol–water partition coefficient (Wildman–Crippen LogP) is -0.955. The van der Waals surface area contributed by atoms with E-state index in [2.05, 4.69) is 0 Å². The van der Waals surface area contributed by atoms with E-state index in [-0.39, 0.29) is 30.8 Å². The van der Waals surface area contributed by atoms with Crippen molar-refractivity contribution in [2.75, 3.05) is 6.61 Å². The van der Waals surface area contributed by atoms with Crippen LogP contribution < -0.4 is 0 Å². The summed E-state index contributed by atoms with van der Waals surface area (Å²) in [4.78, 5) is 0. The molecule has 114 valence electrons. The molecule has 0 bridgehead atoms. The number of aliphatic hydroxyl groups excluding tert-OH is 1. The largest absolute Gasteiger partial charge is 0.390 e. The highest BCUT2D eigenvalue weighted by Gasteiger charge is 2.35. The van der Waals surface area contributed by atoms with E-state index in [0.717, 1.165) is 12.8 Å². The Labute approximate surface area is 122 Å². The molecule has 9 heteroatoms. The molecule has 0 spiro atoms. The van der Waals surface area contributed by atoms with Gasteiger partial charge in [0.25, 0.3) is 0 Å². The fraction of sp³-hybridized carbons (Fsp3) is 1.00. The van der Waals surface area contributed by atoms with Gasteiger partial charge in [0.05, 0.1) is 24.9 Å². The van der Waals surface area contributed by atoms with Gasteiger partial charge in [0, 0.05) is 12.0 Å². The van der Waals surface area contributed by atoms with Crippen LogP contribution in [0.5, 0.6) is 0 Å². The molecule has 0 aromatic carbocycles. The molecule has 2 aliphatic heterocycles. The Morgan fingerprint density at radius 1 is 1.25 bits per heavy atom. The van der Waals surface area contributed by atoms with Crippen LogP contribution in [0.15, 0.2) is 0 Å². The van der Waals surface area contributed by atoms with Gasteiger partial charge in [-0.05, 0) is 19.3 Å². The van der Waals surface area contributed by atoms with Gasteiger partial charge in [0.15, 0.2) is 0 Å². The summed E-state index contributed by atoms with van der Waals surface area (Å²) in [5.41, 5.74) is 0. The van der Waals surface area contributed by atoms with Gasteiger partial charge < -0.3 is 23.6 Å². The van der Waals surface area contributed by atoms with Crippen molar-refractivity contribution in [3.63, 3.8) is 0 Å². The van der Waals surface area contributed by atoms with Crippen molar-refractivity contribution in [2.24, 2.45) is 0 Å². The maximum atomic E-state index is 11.9. The first-order chi connectivity index (χ1) is 9.49. The van der Waals surface area contributed by atoms with E-state index in [1.165, 1.54) is 0 Å². The van der Waals surface area contributed by atoms with Gasteiger partial charge in [-0.2, -0.15) is 0 Å². The number of hydrogen-bond donors (Lipinski definition) is 1. The Balaban J connectivity index is 1.73. The van der Waals surface area contributed by atoms with E-state index in [1.54, 1.807) is 0 Å². The van der Waals surface area contributed by atoms with E-state index in [4.69, 9.17) is 18.5 Å². The molecule has 2 aliphatic rings. The summed E-state index contributed by atoms with van der Waals surface area (Å²) in [6.07, 6.45) is 0.984. The summed E-state index contributed by atoms with van der Waals surface area (Å²) in [5, 5.41) is 9.71. The number of aliphatic hydroxyl groups is 1. The van der Waals surface area contributed by atoms with Crippen LogP contribution in [0.3, 0.4) is 0 Å². The van der Waals surface area contributed by atoms with E-state index < -0.39 is 20.5 Å². The summed E-state index contributed by atoms with van der Waals surface area (Å²) in [7, 11) is 1.29. The molecule has 3 unspecified atom stereocenters. The third kappa shape index (κ3) is 4.33. The topological polar surface area (TPSA) is 74.2 Å². The number of rotatable bonds is 6. The van der Waals surface area contributed by atoms with Crippen LogP contribution in [0.2, 0.25) is 0 Å². The van der Waals surface area contributed by atoms with Crippen molar-refractivity contribution in [3.8, 4) is 0 Å². The Morgan fingerprint density at radius 3 is 2.50 bits per heavy atom. The van der Waals surface area contributed by atoms with E-state index in [1.807, 2.05) is 22.6 Å². The van der Waals surface area contributed by atoms with Crippen LogP contribution in [0, 0.1) is 0 Å². The van der Waals surface area contributed by atoms with Gasteiger partial charge in [-0.25, -0.2) is 0 Å². The molecule has 2 rings (SSSR count). The van der Waals surface area contributed by atoms with Crippen LogP contribution in [-0.2, 0) is 23.1 Å². The summed E-state index contributed by atoms with van der Waals surface area (Å²) in [5.74, 6) is 0. The normalized spacial score (nSPS) is 42.9. The van der Waals surface area contributed by atoms with Gasteiger partial charge in [-0.15, -0.1) is 0 Å². The quantitative estimate of drug-likeness (QED) is 0.503. The predicted molar refractivity (Wildman–Crippen MR) is 79.8 cm³/mol. The van der Waals surface area contributed by atoms with Crippen molar-refractivity contribution in [3.05, 3.63) is 0 Å². The molecule has 0 saturated carbocycles. The van der Waals surface area contributed by atoms with Crippen LogP contribution >= 0.6 is 8.25 Å². The molecular weight excluding hydrogens is 281 g/mol.